The molecule has 216 valence electrons. The molecule has 0 aliphatic carbocycles. The van der Waals surface area contributed by atoms with Crippen LogP contribution in [-0.4, -0.2) is 56.7 Å². The maximum Gasteiger partial charge on any atom is 0.251 e. The van der Waals surface area contributed by atoms with Gasteiger partial charge in [-0.15, -0.1) is 12.6 Å². The Bertz CT molecular complexity index is 1160. The highest BCUT2D eigenvalue weighted by molar-refractivity contribution is 7.80. The fourth-order valence-corrected chi connectivity index (χ4v) is 3.88. The molecule has 0 saturated carbocycles. The van der Waals surface area contributed by atoms with Gasteiger partial charge in [-0.1, -0.05) is 38.1 Å². The predicted molar refractivity (Wildman–Crippen MR) is 171 cm³/mol. The quantitative estimate of drug-likeness (QED) is 0.103. The van der Waals surface area contributed by atoms with Crippen molar-refractivity contribution in [2.24, 2.45) is 5.73 Å². The number of allylic oxidation sites excluding steroid dienone is 3. The first-order valence-electron chi connectivity index (χ1n) is 13.3. The van der Waals surface area contributed by atoms with Crippen molar-refractivity contribution in [1.29, 1.82) is 5.41 Å². The minimum atomic E-state index is -0.148. The number of nitrogens with two attached hydrogens (primary N) is 1. The SMILES string of the molecule is C=C/C=C(\N/C(=C\CC(=O)Nc1ccc(C(=O)NCCN(C)CCN)cc1)CCC)c1ccc(S)c(C)c1.C=N. The van der Waals surface area contributed by atoms with Crippen molar-refractivity contribution in [1.82, 2.24) is 15.5 Å². The first kappa shape index (κ1) is 34.4. The van der Waals surface area contributed by atoms with Gasteiger partial charge in [-0.05, 0) is 80.7 Å². The van der Waals surface area contributed by atoms with Gasteiger partial charge in [-0.2, -0.15) is 0 Å². The van der Waals surface area contributed by atoms with Crippen LogP contribution in [0, 0.1) is 12.3 Å². The van der Waals surface area contributed by atoms with Gasteiger partial charge in [0, 0.05) is 60.1 Å². The Morgan fingerprint density at radius 3 is 2.38 bits per heavy atom. The van der Waals surface area contributed by atoms with Crippen LogP contribution in [0.3, 0.4) is 0 Å². The molecule has 0 radical (unpaired) electrons. The van der Waals surface area contributed by atoms with Gasteiger partial charge in [-0.3, -0.25) is 9.59 Å². The summed E-state index contributed by atoms with van der Waals surface area (Å²) in [5.41, 5.74) is 10.7. The molecule has 0 fully saturated rings. The number of nitrogens with zero attached hydrogens (tertiary/aromatic N) is 1. The van der Waals surface area contributed by atoms with Crippen LogP contribution >= 0.6 is 12.6 Å². The van der Waals surface area contributed by atoms with Gasteiger partial charge in [0.05, 0.1) is 0 Å². The van der Waals surface area contributed by atoms with Crippen LogP contribution in [-0.2, 0) is 4.79 Å². The largest absolute Gasteiger partial charge is 0.359 e. The van der Waals surface area contributed by atoms with E-state index < -0.39 is 0 Å². The van der Waals surface area contributed by atoms with E-state index in [2.05, 4.69) is 59.8 Å². The highest BCUT2D eigenvalue weighted by Crippen LogP contribution is 2.21. The number of aryl methyl sites for hydroxylation is 1. The molecule has 2 aromatic rings. The fraction of sp³-hybridized carbons (Fsp3) is 0.323. The number of rotatable bonds is 15. The summed E-state index contributed by atoms with van der Waals surface area (Å²) in [6.07, 6.45) is 7.54. The summed E-state index contributed by atoms with van der Waals surface area (Å²) >= 11 is 4.47. The molecule has 2 rings (SSSR count). The van der Waals surface area contributed by atoms with Gasteiger partial charge in [0.25, 0.3) is 5.91 Å². The predicted octanol–water partition coefficient (Wildman–Crippen LogP) is 5.00. The Labute approximate surface area is 244 Å². The number of anilines is 1. The second kappa shape index (κ2) is 19.4. The molecule has 0 spiro atoms. The smallest absolute Gasteiger partial charge is 0.251 e. The van der Waals surface area contributed by atoms with Crippen molar-refractivity contribution in [3.05, 3.63) is 89.7 Å². The topological polar surface area (TPSA) is 123 Å². The van der Waals surface area contributed by atoms with Gasteiger partial charge in [-0.25, -0.2) is 0 Å². The first-order valence-corrected chi connectivity index (χ1v) is 13.7. The molecule has 0 aliphatic heterocycles. The third-order valence-electron chi connectivity index (χ3n) is 5.86. The van der Waals surface area contributed by atoms with Crippen LogP contribution < -0.4 is 21.7 Å². The highest BCUT2D eigenvalue weighted by atomic mass is 32.1. The Morgan fingerprint density at radius 1 is 1.10 bits per heavy atom. The van der Waals surface area contributed by atoms with Crippen molar-refractivity contribution >= 4 is 42.5 Å². The minimum Gasteiger partial charge on any atom is -0.359 e. The molecule has 0 unspecified atom stereocenters. The van der Waals surface area contributed by atoms with Crippen LogP contribution in [0.2, 0.25) is 0 Å². The van der Waals surface area contributed by atoms with E-state index in [4.69, 9.17) is 11.1 Å². The average Bonchev–Trinajstić information content (AvgIpc) is 2.94. The minimum absolute atomic E-state index is 0.134. The third-order valence-corrected chi connectivity index (χ3v) is 6.36. The fourth-order valence-electron chi connectivity index (χ4n) is 3.74. The van der Waals surface area contributed by atoms with E-state index in [1.165, 1.54) is 0 Å². The molecule has 0 heterocycles. The molecule has 8 nitrogen and oxygen atoms in total. The summed E-state index contributed by atoms with van der Waals surface area (Å²) in [6.45, 7) is 13.1. The highest BCUT2D eigenvalue weighted by Gasteiger charge is 2.09. The summed E-state index contributed by atoms with van der Waals surface area (Å²) in [6, 6.07) is 12.9. The number of benzene rings is 2. The Hall–Kier alpha value is -3.66. The molecule has 40 heavy (non-hydrogen) atoms. The van der Waals surface area contributed by atoms with Crippen LogP contribution in [0.4, 0.5) is 5.69 Å². The molecular weight excluding hydrogens is 520 g/mol. The summed E-state index contributed by atoms with van der Waals surface area (Å²) in [4.78, 5) is 28.0. The Balaban J connectivity index is 0.00000391. The van der Waals surface area contributed by atoms with Crippen molar-refractivity contribution in [2.75, 3.05) is 38.5 Å². The van der Waals surface area contributed by atoms with E-state index in [1.54, 1.807) is 30.3 Å². The second-order valence-corrected chi connectivity index (χ2v) is 9.58. The maximum atomic E-state index is 12.6. The van der Waals surface area contributed by atoms with Gasteiger partial charge < -0.3 is 32.0 Å². The van der Waals surface area contributed by atoms with E-state index in [1.807, 2.05) is 38.3 Å². The van der Waals surface area contributed by atoms with Crippen LogP contribution in [0.1, 0.15) is 47.7 Å². The molecule has 0 atom stereocenters. The molecule has 0 aromatic heterocycles. The standard InChI is InChI=1S/C30H41N5O2S.CH3N/c1-5-7-25(33-27(8-6-2)24-11-15-28(38)22(3)21-24)14-16-29(36)34-26-12-9-23(10-13-26)30(37)32-18-20-35(4)19-17-31;1-2/h6,8-15,21,33,38H,2,5,7,16-20,31H2,1,3-4H3,(H,32,37)(H,34,36);2H,1H2/b25-14-,27-8-;. The molecule has 2 aromatic carbocycles. The number of carbonyl (C=O) groups excluding carboxylic acids is 2. The number of hydrogen-bond donors (Lipinski definition) is 6. The van der Waals surface area contributed by atoms with Gasteiger partial charge >= 0.3 is 0 Å². The lowest BCUT2D eigenvalue weighted by molar-refractivity contribution is -0.115. The zero-order valence-electron chi connectivity index (χ0n) is 23.9. The monoisotopic (exact) mass is 564 g/mol. The number of hydrogen-bond acceptors (Lipinski definition) is 7. The summed E-state index contributed by atoms with van der Waals surface area (Å²) in [5, 5.41) is 14.8. The van der Waals surface area contributed by atoms with Crippen LogP contribution in [0.5, 0.6) is 0 Å². The van der Waals surface area contributed by atoms with E-state index in [-0.39, 0.29) is 18.2 Å². The number of amides is 2. The lowest BCUT2D eigenvalue weighted by atomic mass is 10.1. The maximum absolute atomic E-state index is 12.6. The molecule has 2 amide bonds. The molecule has 0 bridgehead atoms. The first-order chi connectivity index (χ1) is 19.3. The molecule has 0 aliphatic rings. The van der Waals surface area contributed by atoms with E-state index in [9.17, 15) is 9.59 Å². The molecule has 0 saturated heterocycles. The van der Waals surface area contributed by atoms with E-state index in [0.29, 0.717) is 24.3 Å². The molecule has 9 heteroatoms. The molecular formula is C31H44N6O2S. The van der Waals surface area contributed by atoms with Crippen molar-refractivity contribution in [3.63, 3.8) is 0 Å². The van der Waals surface area contributed by atoms with Gasteiger partial charge in [0.15, 0.2) is 0 Å². The summed E-state index contributed by atoms with van der Waals surface area (Å²) < 4.78 is 0. The summed E-state index contributed by atoms with van der Waals surface area (Å²) in [7, 11) is 1.96. The number of carbonyl (C=O) groups is 2. The zero-order chi connectivity index (χ0) is 29.9. The van der Waals surface area contributed by atoms with E-state index >= 15 is 0 Å². The Kier molecular flexibility index (Phi) is 16.7. The van der Waals surface area contributed by atoms with Crippen molar-refractivity contribution in [2.45, 2.75) is 38.0 Å². The van der Waals surface area contributed by atoms with Gasteiger partial charge in [0.2, 0.25) is 5.91 Å². The van der Waals surface area contributed by atoms with Gasteiger partial charge in [0.1, 0.15) is 0 Å². The van der Waals surface area contributed by atoms with E-state index in [0.717, 1.165) is 53.3 Å². The zero-order valence-corrected chi connectivity index (χ0v) is 24.8. The average molecular weight is 565 g/mol. The number of nitrogens with one attached hydrogen (secondary N) is 4. The number of thiol groups is 1. The lowest BCUT2D eigenvalue weighted by Crippen LogP contribution is -2.35. The van der Waals surface area contributed by atoms with Crippen molar-refractivity contribution < 1.29 is 9.59 Å². The Morgan fingerprint density at radius 2 is 1.77 bits per heavy atom. The number of likely N-dealkylation sites (N-methyl/N-ethyl adjacent to an activating group) is 1. The second-order valence-electron chi connectivity index (χ2n) is 9.10. The normalized spacial score (nSPS) is 11.3. The van der Waals surface area contributed by atoms with Crippen LogP contribution in [0.15, 0.2) is 77.9 Å². The molecule has 6 N–H and O–H groups in total. The van der Waals surface area contributed by atoms with Crippen molar-refractivity contribution in [3.8, 4) is 0 Å². The van der Waals surface area contributed by atoms with Crippen LogP contribution in [0.25, 0.3) is 5.70 Å². The lowest BCUT2D eigenvalue weighted by Gasteiger charge is -2.16. The summed E-state index contributed by atoms with van der Waals surface area (Å²) in [5.74, 6) is -0.283. The third kappa shape index (κ3) is 12.5.